The summed E-state index contributed by atoms with van der Waals surface area (Å²) in [5, 5.41) is 4.43. The Hall–Kier alpha value is -2.20. The molecule has 0 fully saturated rings. The van der Waals surface area contributed by atoms with Crippen molar-refractivity contribution in [1.29, 1.82) is 0 Å². The number of aromatic nitrogens is 1. The molecule has 0 saturated heterocycles. The van der Waals surface area contributed by atoms with Gasteiger partial charge in [0.25, 0.3) is 0 Å². The fraction of sp³-hybridized carbons (Fsp3) is 0.176. The van der Waals surface area contributed by atoms with Crippen molar-refractivity contribution in [2.45, 2.75) is 13.0 Å². The third-order valence-corrected chi connectivity index (χ3v) is 3.50. The standard InChI is InChI=1S/C17H16F2N2/c18-14-7-12(8-15(19)9-14)10-20-6-5-13-11-21-17-4-2-1-3-16(13)17/h1-4,7-9,11,20-21H,5-6,10H2. The van der Waals surface area contributed by atoms with Gasteiger partial charge in [0, 0.05) is 29.7 Å². The number of hydrogen-bond acceptors (Lipinski definition) is 1. The second-order valence-electron chi connectivity index (χ2n) is 5.06. The van der Waals surface area contributed by atoms with Crippen LogP contribution in [-0.2, 0) is 13.0 Å². The number of H-pyrrole nitrogens is 1. The van der Waals surface area contributed by atoms with Gasteiger partial charge in [0.1, 0.15) is 11.6 Å². The third-order valence-electron chi connectivity index (χ3n) is 3.50. The summed E-state index contributed by atoms with van der Waals surface area (Å²) >= 11 is 0. The van der Waals surface area contributed by atoms with Crippen LogP contribution in [0.25, 0.3) is 10.9 Å². The molecule has 4 heteroatoms. The summed E-state index contributed by atoms with van der Waals surface area (Å²) < 4.78 is 26.1. The van der Waals surface area contributed by atoms with E-state index in [4.69, 9.17) is 0 Å². The molecule has 0 amide bonds. The van der Waals surface area contributed by atoms with Gasteiger partial charge in [0.15, 0.2) is 0 Å². The first-order valence-corrected chi connectivity index (χ1v) is 6.93. The molecule has 108 valence electrons. The minimum Gasteiger partial charge on any atom is -0.361 e. The normalized spacial score (nSPS) is 11.1. The SMILES string of the molecule is Fc1cc(F)cc(CNCCc2c[nH]c3ccccc23)c1. The molecule has 21 heavy (non-hydrogen) atoms. The molecule has 0 bridgehead atoms. The Morgan fingerprint density at radius 3 is 2.57 bits per heavy atom. The summed E-state index contributed by atoms with van der Waals surface area (Å²) in [6.07, 6.45) is 2.87. The molecular formula is C17H16F2N2. The molecule has 0 aliphatic rings. The summed E-state index contributed by atoms with van der Waals surface area (Å²) in [6.45, 7) is 1.21. The number of rotatable bonds is 5. The van der Waals surface area contributed by atoms with Crippen molar-refractivity contribution in [3.05, 3.63) is 71.4 Å². The topological polar surface area (TPSA) is 27.8 Å². The van der Waals surface area contributed by atoms with E-state index in [2.05, 4.69) is 16.4 Å². The van der Waals surface area contributed by atoms with Crippen LogP contribution in [0.2, 0.25) is 0 Å². The molecule has 0 aliphatic heterocycles. The zero-order chi connectivity index (χ0) is 14.7. The summed E-state index contributed by atoms with van der Waals surface area (Å²) in [4.78, 5) is 3.23. The number of hydrogen-bond donors (Lipinski definition) is 2. The lowest BCUT2D eigenvalue weighted by molar-refractivity contribution is 0.575. The fourth-order valence-corrected chi connectivity index (χ4v) is 2.51. The smallest absolute Gasteiger partial charge is 0.126 e. The molecule has 0 atom stereocenters. The van der Waals surface area contributed by atoms with Crippen molar-refractivity contribution in [2.75, 3.05) is 6.54 Å². The number of nitrogens with one attached hydrogen (secondary N) is 2. The molecule has 2 aromatic carbocycles. The van der Waals surface area contributed by atoms with Crippen molar-refractivity contribution in [3.63, 3.8) is 0 Å². The molecule has 3 rings (SSSR count). The average Bonchev–Trinajstić information content (AvgIpc) is 2.86. The van der Waals surface area contributed by atoms with E-state index >= 15 is 0 Å². The third kappa shape index (κ3) is 3.28. The first-order valence-electron chi connectivity index (χ1n) is 6.93. The molecule has 0 radical (unpaired) electrons. The maximum absolute atomic E-state index is 13.1. The zero-order valence-corrected chi connectivity index (χ0v) is 11.5. The van der Waals surface area contributed by atoms with Crippen LogP contribution >= 0.6 is 0 Å². The van der Waals surface area contributed by atoms with Crippen LogP contribution in [0.4, 0.5) is 8.78 Å². The van der Waals surface area contributed by atoms with Crippen LogP contribution < -0.4 is 5.32 Å². The highest BCUT2D eigenvalue weighted by molar-refractivity contribution is 5.83. The second-order valence-corrected chi connectivity index (χ2v) is 5.06. The van der Waals surface area contributed by atoms with Gasteiger partial charge in [-0.2, -0.15) is 0 Å². The minimum atomic E-state index is -0.538. The van der Waals surface area contributed by atoms with Crippen molar-refractivity contribution in [3.8, 4) is 0 Å². The van der Waals surface area contributed by atoms with Gasteiger partial charge < -0.3 is 10.3 Å². The zero-order valence-electron chi connectivity index (χ0n) is 11.5. The van der Waals surface area contributed by atoms with Crippen LogP contribution in [0.15, 0.2) is 48.7 Å². The quantitative estimate of drug-likeness (QED) is 0.686. The predicted octanol–water partition coefficient (Wildman–Crippen LogP) is 3.78. The predicted molar refractivity (Wildman–Crippen MR) is 80.1 cm³/mol. The van der Waals surface area contributed by atoms with Crippen molar-refractivity contribution >= 4 is 10.9 Å². The van der Waals surface area contributed by atoms with E-state index in [-0.39, 0.29) is 0 Å². The van der Waals surface area contributed by atoms with Gasteiger partial charge >= 0.3 is 0 Å². The highest BCUT2D eigenvalue weighted by Gasteiger charge is 2.03. The van der Waals surface area contributed by atoms with E-state index in [9.17, 15) is 8.78 Å². The molecule has 3 aromatic rings. The molecule has 1 aromatic heterocycles. The van der Waals surface area contributed by atoms with Gasteiger partial charge in [-0.3, -0.25) is 0 Å². The molecule has 2 nitrogen and oxygen atoms in total. The Morgan fingerprint density at radius 1 is 1.00 bits per heavy atom. The van der Waals surface area contributed by atoms with Gasteiger partial charge in [0.2, 0.25) is 0 Å². The van der Waals surface area contributed by atoms with Crippen LogP contribution in [0.3, 0.4) is 0 Å². The molecular weight excluding hydrogens is 270 g/mol. The first-order chi connectivity index (χ1) is 10.2. The summed E-state index contributed by atoms with van der Waals surface area (Å²) in [7, 11) is 0. The molecule has 0 aliphatic carbocycles. The van der Waals surface area contributed by atoms with E-state index in [0.717, 1.165) is 24.5 Å². The fourth-order valence-electron chi connectivity index (χ4n) is 2.51. The van der Waals surface area contributed by atoms with Gasteiger partial charge in [-0.25, -0.2) is 8.78 Å². The highest BCUT2D eigenvalue weighted by atomic mass is 19.1. The average molecular weight is 286 g/mol. The van der Waals surface area contributed by atoms with E-state index < -0.39 is 11.6 Å². The Kier molecular flexibility index (Phi) is 3.97. The minimum absolute atomic E-state index is 0.455. The monoisotopic (exact) mass is 286 g/mol. The molecule has 0 saturated carbocycles. The van der Waals surface area contributed by atoms with E-state index in [1.165, 1.54) is 23.1 Å². The lowest BCUT2D eigenvalue weighted by atomic mass is 10.1. The van der Waals surface area contributed by atoms with Crippen LogP contribution in [0.5, 0.6) is 0 Å². The number of aromatic amines is 1. The van der Waals surface area contributed by atoms with Gasteiger partial charge in [-0.15, -0.1) is 0 Å². The van der Waals surface area contributed by atoms with Crippen LogP contribution in [-0.4, -0.2) is 11.5 Å². The van der Waals surface area contributed by atoms with Gasteiger partial charge in [-0.1, -0.05) is 18.2 Å². The van der Waals surface area contributed by atoms with Gasteiger partial charge in [-0.05, 0) is 42.3 Å². The molecule has 0 spiro atoms. The Bertz CT molecular complexity index is 729. The maximum atomic E-state index is 13.1. The first kappa shape index (κ1) is 13.8. The summed E-state index contributed by atoms with van der Waals surface area (Å²) in [5.74, 6) is -1.08. The number of para-hydroxylation sites is 1. The highest BCUT2D eigenvalue weighted by Crippen LogP contribution is 2.17. The Labute approximate surface area is 121 Å². The van der Waals surface area contributed by atoms with E-state index in [1.807, 2.05) is 24.4 Å². The number of benzene rings is 2. The summed E-state index contributed by atoms with van der Waals surface area (Å²) in [6, 6.07) is 11.7. The Balaban J connectivity index is 1.56. The van der Waals surface area contributed by atoms with Gasteiger partial charge in [0.05, 0.1) is 0 Å². The number of fused-ring (bicyclic) bond motifs is 1. The largest absolute Gasteiger partial charge is 0.361 e. The molecule has 1 heterocycles. The van der Waals surface area contributed by atoms with Crippen LogP contribution in [0, 0.1) is 11.6 Å². The van der Waals surface area contributed by atoms with E-state index in [1.54, 1.807) is 0 Å². The van der Waals surface area contributed by atoms with E-state index in [0.29, 0.717) is 12.1 Å². The van der Waals surface area contributed by atoms with Crippen molar-refractivity contribution in [2.24, 2.45) is 0 Å². The second kappa shape index (κ2) is 6.06. The van der Waals surface area contributed by atoms with Crippen molar-refractivity contribution in [1.82, 2.24) is 10.3 Å². The Morgan fingerprint density at radius 2 is 1.76 bits per heavy atom. The maximum Gasteiger partial charge on any atom is 0.126 e. The summed E-state index contributed by atoms with van der Waals surface area (Å²) in [5.41, 5.74) is 2.98. The van der Waals surface area contributed by atoms with Crippen molar-refractivity contribution < 1.29 is 8.78 Å². The molecule has 0 unspecified atom stereocenters. The van der Waals surface area contributed by atoms with Crippen LogP contribution in [0.1, 0.15) is 11.1 Å². The lowest BCUT2D eigenvalue weighted by Gasteiger charge is -2.05. The molecule has 2 N–H and O–H groups in total. The lowest BCUT2D eigenvalue weighted by Crippen LogP contribution is -2.16. The number of halogens is 2.